The van der Waals surface area contributed by atoms with Crippen molar-refractivity contribution in [2.45, 2.75) is 6.17 Å². The first-order valence-electron chi connectivity index (χ1n) is 24.7. The van der Waals surface area contributed by atoms with Crippen LogP contribution in [0.5, 0.6) is 0 Å². The first kappa shape index (κ1) is 42.7. The average molecular weight is 950 g/mol. The molecule has 0 aliphatic carbocycles. The molecule has 0 bridgehead atoms. The summed E-state index contributed by atoms with van der Waals surface area (Å²) in [4.78, 5) is 31.6. The molecule has 9 nitrogen and oxygen atoms in total. The van der Waals surface area contributed by atoms with Gasteiger partial charge in [0, 0.05) is 60.6 Å². The van der Waals surface area contributed by atoms with Crippen LogP contribution in [0.2, 0.25) is 0 Å². The van der Waals surface area contributed by atoms with Crippen molar-refractivity contribution in [3.05, 3.63) is 265 Å². The SMILES string of the molecule is c1ccc(C2=NC(c3cccc(-c4nc(-c5ccccc5)nc(-n5c6ccccc6c6ccc7c8ccccc8n(-c8ccccc8)c7c65)n4)c3)NC(c3cccc(-c4cccc(-c5ccccc5)n4)c3)=N2)cc1. The maximum atomic E-state index is 5.46. The molecule has 13 aromatic rings. The van der Waals surface area contributed by atoms with Crippen LogP contribution in [0.15, 0.2) is 259 Å². The van der Waals surface area contributed by atoms with E-state index in [9.17, 15) is 0 Å². The first-order chi connectivity index (χ1) is 36.7. The molecule has 0 saturated carbocycles. The highest BCUT2D eigenvalue weighted by Gasteiger charge is 2.25. The van der Waals surface area contributed by atoms with E-state index in [0.29, 0.717) is 29.3 Å². The summed E-state index contributed by atoms with van der Waals surface area (Å²) < 4.78 is 4.61. The molecule has 1 aliphatic rings. The molecule has 0 radical (unpaired) electrons. The van der Waals surface area contributed by atoms with Crippen LogP contribution < -0.4 is 5.32 Å². The molecule has 0 fully saturated rings. The van der Waals surface area contributed by atoms with E-state index in [4.69, 9.17) is 29.9 Å². The van der Waals surface area contributed by atoms with Crippen molar-refractivity contribution in [2.24, 2.45) is 9.98 Å². The highest BCUT2D eigenvalue weighted by atomic mass is 15.2. The highest BCUT2D eigenvalue weighted by Crippen LogP contribution is 2.42. The van der Waals surface area contributed by atoms with Gasteiger partial charge in [0.1, 0.15) is 12.0 Å². The molecular formula is C65H43N9. The fourth-order valence-corrected chi connectivity index (χ4v) is 10.4. The quantitative estimate of drug-likeness (QED) is 0.155. The lowest BCUT2D eigenvalue weighted by molar-refractivity contribution is 0.674. The maximum absolute atomic E-state index is 5.46. The van der Waals surface area contributed by atoms with Crippen LogP contribution in [0.3, 0.4) is 0 Å². The number of aliphatic imine (C=N–C) groups is 2. The van der Waals surface area contributed by atoms with Gasteiger partial charge in [0.05, 0.1) is 33.5 Å². The number of benzene rings is 9. The Labute approximate surface area is 426 Å². The third-order valence-electron chi connectivity index (χ3n) is 13.8. The summed E-state index contributed by atoms with van der Waals surface area (Å²) in [5.41, 5.74) is 13.6. The maximum Gasteiger partial charge on any atom is 0.238 e. The van der Waals surface area contributed by atoms with Crippen molar-refractivity contribution in [3.8, 4) is 56.9 Å². The van der Waals surface area contributed by atoms with E-state index < -0.39 is 6.17 Å². The minimum atomic E-state index is -0.499. The minimum absolute atomic E-state index is 0.499. The number of nitrogens with one attached hydrogen (secondary N) is 1. The number of hydrogen-bond donors (Lipinski definition) is 1. The number of nitrogens with zero attached hydrogens (tertiary/aromatic N) is 8. The fourth-order valence-electron chi connectivity index (χ4n) is 10.4. The normalized spacial score (nSPS) is 13.5. The fraction of sp³-hybridized carbons (Fsp3) is 0.0154. The average Bonchev–Trinajstić information content (AvgIpc) is 4.07. The highest BCUT2D eigenvalue weighted by molar-refractivity contribution is 6.23. The second-order valence-electron chi connectivity index (χ2n) is 18.4. The van der Waals surface area contributed by atoms with E-state index in [-0.39, 0.29) is 0 Å². The zero-order chi connectivity index (χ0) is 49.0. The number of para-hydroxylation sites is 3. The van der Waals surface area contributed by atoms with E-state index >= 15 is 0 Å². The van der Waals surface area contributed by atoms with Gasteiger partial charge in [-0.1, -0.05) is 200 Å². The topological polar surface area (TPSA) is 98.2 Å². The standard InChI is InChI=1S/C65H43N9/c1-5-20-42(21-6-1)54-34-19-35-55(66-54)45-26-17-27-46(40-45)62-67-60(43-22-7-2-8-23-43)68-63(70-62)47-28-18-29-48(41-47)64-69-61(44-24-9-3-10-25-44)71-65(72-64)74-57-37-16-14-33-51(57)53-39-38-52-50-32-13-15-36-56(50)73(58(52)59(53)74)49-30-11-4-12-31-49/h1-41,63H,(H,67,68,70). The van der Waals surface area contributed by atoms with Gasteiger partial charge in [-0.2, -0.15) is 9.97 Å². The molecular weight excluding hydrogens is 907 g/mol. The Bertz CT molecular complexity index is 4330. The van der Waals surface area contributed by atoms with Crippen molar-refractivity contribution < 1.29 is 0 Å². The lowest BCUT2D eigenvalue weighted by Crippen LogP contribution is -2.33. The largest absolute Gasteiger partial charge is 0.344 e. The minimum Gasteiger partial charge on any atom is -0.344 e. The van der Waals surface area contributed by atoms with Crippen LogP contribution in [-0.4, -0.2) is 40.7 Å². The Morgan fingerprint density at radius 2 is 0.865 bits per heavy atom. The summed E-state index contributed by atoms with van der Waals surface area (Å²) in [6.45, 7) is 0. The van der Waals surface area contributed by atoms with Crippen molar-refractivity contribution >= 4 is 55.3 Å². The number of amidine groups is 2. The van der Waals surface area contributed by atoms with Crippen molar-refractivity contribution in [3.63, 3.8) is 0 Å². The summed E-state index contributed by atoms with van der Waals surface area (Å²) in [7, 11) is 0. The van der Waals surface area contributed by atoms with Crippen molar-refractivity contribution in [1.29, 1.82) is 0 Å². The Hall–Kier alpha value is -10.1. The molecule has 1 atom stereocenters. The van der Waals surface area contributed by atoms with Crippen LogP contribution in [-0.2, 0) is 0 Å². The van der Waals surface area contributed by atoms with Crippen LogP contribution in [0.1, 0.15) is 22.9 Å². The van der Waals surface area contributed by atoms with E-state index in [1.54, 1.807) is 0 Å². The Balaban J connectivity index is 0.919. The molecule has 0 spiro atoms. The third-order valence-corrected chi connectivity index (χ3v) is 13.8. The summed E-state index contributed by atoms with van der Waals surface area (Å²) in [5, 5.41) is 8.25. The number of aromatic nitrogens is 6. The van der Waals surface area contributed by atoms with E-state index in [0.717, 1.165) is 94.2 Å². The van der Waals surface area contributed by atoms with Crippen molar-refractivity contribution in [1.82, 2.24) is 34.4 Å². The molecule has 9 heteroatoms. The van der Waals surface area contributed by atoms with Gasteiger partial charge in [-0.05, 0) is 54.1 Å². The monoisotopic (exact) mass is 949 g/mol. The van der Waals surface area contributed by atoms with Gasteiger partial charge in [-0.25, -0.2) is 20.0 Å². The Kier molecular flexibility index (Phi) is 10.4. The smallest absolute Gasteiger partial charge is 0.238 e. The summed E-state index contributed by atoms with van der Waals surface area (Å²) in [6, 6.07) is 85.7. The van der Waals surface area contributed by atoms with Gasteiger partial charge in [0.15, 0.2) is 17.5 Å². The number of fused-ring (bicyclic) bond motifs is 7. The van der Waals surface area contributed by atoms with Gasteiger partial charge < -0.3 is 9.88 Å². The number of rotatable bonds is 9. The molecule has 1 N–H and O–H groups in total. The third kappa shape index (κ3) is 7.50. The van der Waals surface area contributed by atoms with Crippen molar-refractivity contribution in [2.75, 3.05) is 0 Å². The van der Waals surface area contributed by atoms with Gasteiger partial charge >= 0.3 is 0 Å². The number of pyridine rings is 1. The molecule has 4 aromatic heterocycles. The molecule has 348 valence electrons. The first-order valence-corrected chi connectivity index (χ1v) is 24.7. The lowest BCUT2D eigenvalue weighted by Gasteiger charge is -2.24. The molecule has 9 aromatic carbocycles. The predicted molar refractivity (Wildman–Crippen MR) is 300 cm³/mol. The molecule has 14 rings (SSSR count). The lowest BCUT2D eigenvalue weighted by atomic mass is 10.0. The van der Waals surface area contributed by atoms with Crippen LogP contribution in [0.4, 0.5) is 0 Å². The molecule has 1 aliphatic heterocycles. The molecule has 1 unspecified atom stereocenters. The van der Waals surface area contributed by atoms with Gasteiger partial charge in [-0.15, -0.1) is 0 Å². The van der Waals surface area contributed by atoms with E-state index in [2.05, 4.69) is 178 Å². The van der Waals surface area contributed by atoms with Gasteiger partial charge in [0.2, 0.25) is 5.95 Å². The Morgan fingerprint density at radius 3 is 1.57 bits per heavy atom. The molecule has 0 amide bonds. The summed E-state index contributed by atoms with van der Waals surface area (Å²) in [5.74, 6) is 2.95. The van der Waals surface area contributed by atoms with Gasteiger partial charge in [0.25, 0.3) is 0 Å². The second kappa shape index (κ2) is 17.9. The van der Waals surface area contributed by atoms with E-state index in [1.165, 1.54) is 5.39 Å². The van der Waals surface area contributed by atoms with Crippen LogP contribution in [0, 0.1) is 0 Å². The molecule has 74 heavy (non-hydrogen) atoms. The van der Waals surface area contributed by atoms with Gasteiger partial charge in [-0.3, -0.25) is 4.57 Å². The predicted octanol–water partition coefficient (Wildman–Crippen LogP) is 14.6. The Morgan fingerprint density at radius 1 is 0.351 bits per heavy atom. The zero-order valence-corrected chi connectivity index (χ0v) is 39.8. The molecule has 0 saturated heterocycles. The second-order valence-corrected chi connectivity index (χ2v) is 18.4. The number of hydrogen-bond acceptors (Lipinski definition) is 7. The zero-order valence-electron chi connectivity index (χ0n) is 39.8. The molecule has 5 heterocycles. The summed E-state index contributed by atoms with van der Waals surface area (Å²) >= 11 is 0. The van der Waals surface area contributed by atoms with E-state index in [1.807, 2.05) is 84.9 Å². The van der Waals surface area contributed by atoms with Crippen LogP contribution in [0.25, 0.3) is 101 Å². The van der Waals surface area contributed by atoms with Crippen LogP contribution >= 0.6 is 0 Å². The summed E-state index contributed by atoms with van der Waals surface area (Å²) in [6.07, 6.45) is -0.499.